The summed E-state index contributed by atoms with van der Waals surface area (Å²) in [6.07, 6.45) is 4.60. The summed E-state index contributed by atoms with van der Waals surface area (Å²) in [5, 5.41) is 0. The Labute approximate surface area is 79.6 Å². The van der Waals surface area contributed by atoms with Crippen molar-refractivity contribution in [1.82, 2.24) is 4.90 Å². The minimum atomic E-state index is 0.254. The second kappa shape index (κ2) is 2.86. The van der Waals surface area contributed by atoms with E-state index in [0.717, 1.165) is 5.57 Å². The van der Waals surface area contributed by atoms with Crippen LogP contribution in [-0.2, 0) is 4.79 Å². The lowest BCUT2D eigenvalue weighted by atomic mass is 9.82. The Kier molecular flexibility index (Phi) is 1.94. The lowest BCUT2D eigenvalue weighted by Gasteiger charge is -2.23. The molecule has 1 aliphatic carbocycles. The number of amides is 1. The van der Waals surface area contributed by atoms with E-state index in [-0.39, 0.29) is 5.91 Å². The molecule has 0 radical (unpaired) electrons. The molecule has 13 heavy (non-hydrogen) atoms. The molecule has 3 atom stereocenters. The van der Waals surface area contributed by atoms with Crippen molar-refractivity contribution in [3.8, 4) is 0 Å². The molecule has 1 fully saturated rings. The maximum absolute atomic E-state index is 11.8. The Morgan fingerprint density at radius 1 is 1.38 bits per heavy atom. The highest BCUT2D eigenvalue weighted by atomic mass is 16.2. The van der Waals surface area contributed by atoms with Crippen molar-refractivity contribution >= 4 is 5.91 Å². The van der Waals surface area contributed by atoms with Crippen LogP contribution in [0, 0.1) is 11.8 Å². The first kappa shape index (κ1) is 8.79. The van der Waals surface area contributed by atoms with Crippen molar-refractivity contribution < 1.29 is 4.79 Å². The standard InChI is InChI=1S/C11H17NO/c1-7-4-5-9-8(2)12(3)11(13)10(9)6-7/h6-9H,4-5H2,1-3H3. The number of nitrogens with zero attached hydrogens (tertiary/aromatic N) is 1. The summed E-state index contributed by atoms with van der Waals surface area (Å²) >= 11 is 0. The van der Waals surface area contributed by atoms with Gasteiger partial charge in [0.25, 0.3) is 0 Å². The van der Waals surface area contributed by atoms with Gasteiger partial charge in [-0.05, 0) is 25.7 Å². The molecular formula is C11H17NO. The van der Waals surface area contributed by atoms with E-state index in [0.29, 0.717) is 17.9 Å². The number of likely N-dealkylation sites (tertiary alicyclic amines) is 1. The van der Waals surface area contributed by atoms with Gasteiger partial charge in [0, 0.05) is 24.6 Å². The molecule has 2 rings (SSSR count). The highest BCUT2D eigenvalue weighted by Crippen LogP contribution is 2.38. The Balaban J connectivity index is 2.34. The smallest absolute Gasteiger partial charge is 0.249 e. The first-order valence-electron chi connectivity index (χ1n) is 5.10. The molecule has 0 aromatic carbocycles. The zero-order valence-electron chi connectivity index (χ0n) is 8.58. The molecular weight excluding hydrogens is 162 g/mol. The van der Waals surface area contributed by atoms with Gasteiger partial charge in [-0.3, -0.25) is 4.79 Å². The minimum Gasteiger partial charge on any atom is -0.339 e. The fourth-order valence-corrected chi connectivity index (χ4v) is 2.50. The molecule has 0 spiro atoms. The van der Waals surface area contributed by atoms with Gasteiger partial charge in [-0.15, -0.1) is 0 Å². The molecule has 1 heterocycles. The number of fused-ring (bicyclic) bond motifs is 1. The van der Waals surface area contributed by atoms with E-state index in [1.807, 2.05) is 11.9 Å². The third kappa shape index (κ3) is 1.19. The summed E-state index contributed by atoms with van der Waals surface area (Å²) in [4.78, 5) is 13.6. The predicted molar refractivity (Wildman–Crippen MR) is 52.2 cm³/mol. The maximum atomic E-state index is 11.8. The van der Waals surface area contributed by atoms with Crippen LogP contribution >= 0.6 is 0 Å². The van der Waals surface area contributed by atoms with Crippen LogP contribution < -0.4 is 0 Å². The Morgan fingerprint density at radius 3 is 2.77 bits per heavy atom. The van der Waals surface area contributed by atoms with Crippen LogP contribution in [0.25, 0.3) is 0 Å². The van der Waals surface area contributed by atoms with E-state index in [1.54, 1.807) is 0 Å². The van der Waals surface area contributed by atoms with Gasteiger partial charge in [-0.25, -0.2) is 0 Å². The van der Waals surface area contributed by atoms with E-state index in [9.17, 15) is 4.79 Å². The molecule has 3 unspecified atom stereocenters. The first-order chi connectivity index (χ1) is 6.11. The lowest BCUT2D eigenvalue weighted by molar-refractivity contribution is -0.124. The van der Waals surface area contributed by atoms with Gasteiger partial charge in [-0.1, -0.05) is 13.0 Å². The van der Waals surface area contributed by atoms with Crippen molar-refractivity contribution in [1.29, 1.82) is 0 Å². The maximum Gasteiger partial charge on any atom is 0.249 e. The van der Waals surface area contributed by atoms with Gasteiger partial charge < -0.3 is 4.90 Å². The van der Waals surface area contributed by atoms with Crippen molar-refractivity contribution in [2.75, 3.05) is 7.05 Å². The number of hydrogen-bond acceptors (Lipinski definition) is 1. The average Bonchev–Trinajstić information content (AvgIpc) is 2.32. The summed E-state index contributed by atoms with van der Waals surface area (Å²) < 4.78 is 0. The number of hydrogen-bond donors (Lipinski definition) is 0. The first-order valence-corrected chi connectivity index (χ1v) is 5.10. The number of carbonyl (C=O) groups excluding carboxylic acids is 1. The van der Waals surface area contributed by atoms with Gasteiger partial charge in [0.15, 0.2) is 0 Å². The molecule has 1 aliphatic heterocycles. The monoisotopic (exact) mass is 179 g/mol. The molecule has 0 aromatic heterocycles. The van der Waals surface area contributed by atoms with E-state index >= 15 is 0 Å². The average molecular weight is 179 g/mol. The highest BCUT2D eigenvalue weighted by Gasteiger charge is 2.40. The molecule has 1 saturated heterocycles. The Hall–Kier alpha value is -0.790. The molecule has 2 nitrogen and oxygen atoms in total. The third-order valence-electron chi connectivity index (χ3n) is 3.56. The fraction of sp³-hybridized carbons (Fsp3) is 0.727. The Bertz CT molecular complexity index is 269. The van der Waals surface area contributed by atoms with Crippen molar-refractivity contribution in [2.45, 2.75) is 32.7 Å². The van der Waals surface area contributed by atoms with Gasteiger partial charge in [0.05, 0.1) is 0 Å². The quantitative estimate of drug-likeness (QED) is 0.555. The van der Waals surface area contributed by atoms with Crippen LogP contribution in [0.4, 0.5) is 0 Å². The van der Waals surface area contributed by atoms with Gasteiger partial charge in [0.2, 0.25) is 5.91 Å². The van der Waals surface area contributed by atoms with E-state index < -0.39 is 0 Å². The predicted octanol–water partition coefficient (Wildman–Crippen LogP) is 1.82. The van der Waals surface area contributed by atoms with Crippen LogP contribution in [0.3, 0.4) is 0 Å². The van der Waals surface area contributed by atoms with Crippen LogP contribution in [0.1, 0.15) is 26.7 Å². The van der Waals surface area contributed by atoms with Gasteiger partial charge >= 0.3 is 0 Å². The summed E-state index contributed by atoms with van der Waals surface area (Å²) in [6.45, 7) is 4.35. The topological polar surface area (TPSA) is 20.3 Å². The van der Waals surface area contributed by atoms with Crippen molar-refractivity contribution in [3.63, 3.8) is 0 Å². The molecule has 0 saturated carbocycles. The van der Waals surface area contributed by atoms with E-state index in [4.69, 9.17) is 0 Å². The lowest BCUT2D eigenvalue weighted by Crippen LogP contribution is -2.28. The molecule has 2 aliphatic rings. The molecule has 0 aromatic rings. The zero-order valence-corrected chi connectivity index (χ0v) is 8.58. The SMILES string of the molecule is CC1C=C2C(=O)N(C)C(C)C2CC1. The minimum absolute atomic E-state index is 0.254. The second-order valence-electron chi connectivity index (χ2n) is 4.44. The summed E-state index contributed by atoms with van der Waals surface area (Å²) in [7, 11) is 1.91. The summed E-state index contributed by atoms with van der Waals surface area (Å²) in [6, 6.07) is 0.409. The number of allylic oxidation sites excluding steroid dienone is 1. The molecule has 1 amide bonds. The summed E-state index contributed by atoms with van der Waals surface area (Å²) in [5.74, 6) is 1.35. The normalized spacial score (nSPS) is 39.0. The Morgan fingerprint density at radius 2 is 2.08 bits per heavy atom. The van der Waals surface area contributed by atoms with E-state index in [1.165, 1.54) is 12.8 Å². The number of likely N-dealkylation sites (N-methyl/N-ethyl adjacent to an activating group) is 1. The van der Waals surface area contributed by atoms with E-state index in [2.05, 4.69) is 19.9 Å². The van der Waals surface area contributed by atoms with Crippen LogP contribution in [0.5, 0.6) is 0 Å². The molecule has 72 valence electrons. The fourth-order valence-electron chi connectivity index (χ4n) is 2.50. The van der Waals surface area contributed by atoms with Gasteiger partial charge in [0.1, 0.15) is 0 Å². The van der Waals surface area contributed by atoms with Crippen molar-refractivity contribution in [3.05, 3.63) is 11.6 Å². The molecule has 0 N–H and O–H groups in total. The molecule has 2 heteroatoms. The van der Waals surface area contributed by atoms with Gasteiger partial charge in [-0.2, -0.15) is 0 Å². The summed E-state index contributed by atoms with van der Waals surface area (Å²) in [5.41, 5.74) is 1.08. The highest BCUT2D eigenvalue weighted by molar-refractivity contribution is 5.96. The number of rotatable bonds is 0. The third-order valence-corrected chi connectivity index (χ3v) is 3.56. The van der Waals surface area contributed by atoms with Crippen LogP contribution in [0.2, 0.25) is 0 Å². The second-order valence-corrected chi connectivity index (χ2v) is 4.44. The van der Waals surface area contributed by atoms with Crippen molar-refractivity contribution in [2.24, 2.45) is 11.8 Å². The van der Waals surface area contributed by atoms with Crippen LogP contribution in [0.15, 0.2) is 11.6 Å². The zero-order chi connectivity index (χ0) is 9.59. The molecule has 0 bridgehead atoms. The number of carbonyl (C=O) groups is 1. The van der Waals surface area contributed by atoms with Crippen LogP contribution in [-0.4, -0.2) is 23.9 Å². The largest absolute Gasteiger partial charge is 0.339 e.